The molecule has 0 bridgehead atoms. The van der Waals surface area contributed by atoms with Crippen LogP contribution in [0.4, 0.5) is 0 Å². The molecule has 2 rings (SSSR count). The third-order valence-corrected chi connectivity index (χ3v) is 2.41. The molecule has 0 aromatic heterocycles. The van der Waals surface area contributed by atoms with Gasteiger partial charge in [0, 0.05) is 25.2 Å². The fraction of sp³-hybridized carbons (Fsp3) is 0.857. The van der Waals surface area contributed by atoms with Crippen LogP contribution in [0, 0.1) is 0 Å². The molecule has 1 saturated carbocycles. The standard InChI is InChI=1S/C7H12N2O/c10-6-9-4-3-8-7(5-9)1-2-7/h6,8H,1-5H2. The number of carbonyl (C=O) groups excluding carboxylic acids is 1. The molecule has 1 aliphatic heterocycles. The van der Waals surface area contributed by atoms with Crippen molar-refractivity contribution in [1.29, 1.82) is 0 Å². The quantitative estimate of drug-likeness (QED) is 0.502. The van der Waals surface area contributed by atoms with Crippen LogP contribution in [0.1, 0.15) is 12.8 Å². The molecular weight excluding hydrogens is 128 g/mol. The predicted molar refractivity (Wildman–Crippen MR) is 37.6 cm³/mol. The molecule has 0 unspecified atom stereocenters. The average molecular weight is 140 g/mol. The highest BCUT2D eigenvalue weighted by molar-refractivity contribution is 5.48. The molecule has 2 aliphatic rings. The Balaban J connectivity index is 1.97. The van der Waals surface area contributed by atoms with E-state index in [2.05, 4.69) is 5.32 Å². The SMILES string of the molecule is O=CN1CCNC2(CC2)C1. The van der Waals surface area contributed by atoms with E-state index in [0.717, 1.165) is 26.0 Å². The van der Waals surface area contributed by atoms with Gasteiger partial charge in [0.15, 0.2) is 0 Å². The number of nitrogens with zero attached hydrogens (tertiary/aromatic N) is 1. The zero-order valence-corrected chi connectivity index (χ0v) is 5.97. The number of hydrogen-bond donors (Lipinski definition) is 1. The Hall–Kier alpha value is -0.570. The van der Waals surface area contributed by atoms with Crippen LogP contribution in [0.15, 0.2) is 0 Å². The van der Waals surface area contributed by atoms with Gasteiger partial charge in [-0.3, -0.25) is 4.79 Å². The maximum atomic E-state index is 10.4. The zero-order valence-electron chi connectivity index (χ0n) is 5.97. The fourth-order valence-electron chi connectivity index (χ4n) is 1.56. The first-order valence-electron chi connectivity index (χ1n) is 3.79. The number of piperazine rings is 1. The van der Waals surface area contributed by atoms with Gasteiger partial charge in [0.25, 0.3) is 0 Å². The van der Waals surface area contributed by atoms with Crippen molar-refractivity contribution >= 4 is 6.41 Å². The monoisotopic (exact) mass is 140 g/mol. The first-order valence-corrected chi connectivity index (χ1v) is 3.79. The summed E-state index contributed by atoms with van der Waals surface area (Å²) < 4.78 is 0. The Bertz CT molecular complexity index is 154. The summed E-state index contributed by atoms with van der Waals surface area (Å²) in [6, 6.07) is 0. The molecule has 0 atom stereocenters. The predicted octanol–water partition coefficient (Wildman–Crippen LogP) is -0.419. The molecule has 0 aromatic carbocycles. The lowest BCUT2D eigenvalue weighted by Crippen LogP contribution is -2.51. The van der Waals surface area contributed by atoms with E-state index in [1.165, 1.54) is 12.8 Å². The summed E-state index contributed by atoms with van der Waals surface area (Å²) in [6.45, 7) is 2.78. The zero-order chi connectivity index (χ0) is 7.03. The van der Waals surface area contributed by atoms with Crippen molar-refractivity contribution in [2.24, 2.45) is 0 Å². The molecule has 56 valence electrons. The van der Waals surface area contributed by atoms with Gasteiger partial charge in [-0.2, -0.15) is 0 Å². The van der Waals surface area contributed by atoms with Gasteiger partial charge >= 0.3 is 0 Å². The van der Waals surface area contributed by atoms with Gasteiger partial charge in [0.1, 0.15) is 0 Å². The van der Waals surface area contributed by atoms with E-state index in [-0.39, 0.29) is 0 Å². The molecule has 10 heavy (non-hydrogen) atoms. The third-order valence-electron chi connectivity index (χ3n) is 2.41. The summed E-state index contributed by atoms with van der Waals surface area (Å²) in [5, 5.41) is 3.43. The lowest BCUT2D eigenvalue weighted by molar-refractivity contribution is -0.119. The average Bonchev–Trinajstić information content (AvgIpc) is 2.70. The molecule has 0 aromatic rings. The van der Waals surface area contributed by atoms with Gasteiger partial charge in [0.05, 0.1) is 0 Å². The van der Waals surface area contributed by atoms with E-state index < -0.39 is 0 Å². The number of carbonyl (C=O) groups is 1. The van der Waals surface area contributed by atoms with Crippen molar-refractivity contribution in [3.8, 4) is 0 Å². The lowest BCUT2D eigenvalue weighted by atomic mass is 10.2. The van der Waals surface area contributed by atoms with E-state index in [4.69, 9.17) is 0 Å². The minimum Gasteiger partial charge on any atom is -0.342 e. The normalized spacial score (nSPS) is 28.6. The van der Waals surface area contributed by atoms with Crippen molar-refractivity contribution in [1.82, 2.24) is 10.2 Å². The van der Waals surface area contributed by atoms with Crippen LogP contribution in [0.25, 0.3) is 0 Å². The lowest BCUT2D eigenvalue weighted by Gasteiger charge is -2.31. The van der Waals surface area contributed by atoms with E-state index in [0.29, 0.717) is 5.54 Å². The minimum absolute atomic E-state index is 0.346. The Morgan fingerprint density at radius 2 is 2.30 bits per heavy atom. The van der Waals surface area contributed by atoms with Crippen molar-refractivity contribution in [3.05, 3.63) is 0 Å². The Morgan fingerprint density at radius 1 is 1.50 bits per heavy atom. The second-order valence-corrected chi connectivity index (χ2v) is 3.28. The van der Waals surface area contributed by atoms with Crippen LogP contribution < -0.4 is 5.32 Å². The van der Waals surface area contributed by atoms with Gasteiger partial charge in [0.2, 0.25) is 6.41 Å². The van der Waals surface area contributed by atoms with Gasteiger partial charge in [-0.05, 0) is 12.8 Å². The Labute approximate surface area is 60.4 Å². The largest absolute Gasteiger partial charge is 0.342 e. The maximum absolute atomic E-state index is 10.4. The Kier molecular flexibility index (Phi) is 1.20. The molecule has 1 amide bonds. The third kappa shape index (κ3) is 0.904. The molecule has 1 saturated heterocycles. The summed E-state index contributed by atoms with van der Waals surface area (Å²) in [5.41, 5.74) is 0.346. The van der Waals surface area contributed by atoms with Crippen LogP contribution >= 0.6 is 0 Å². The van der Waals surface area contributed by atoms with Crippen LogP contribution in [-0.4, -0.2) is 36.5 Å². The van der Waals surface area contributed by atoms with Gasteiger partial charge in [-0.1, -0.05) is 0 Å². The Morgan fingerprint density at radius 3 is 2.90 bits per heavy atom. The van der Waals surface area contributed by atoms with Crippen molar-refractivity contribution in [2.45, 2.75) is 18.4 Å². The number of hydrogen-bond acceptors (Lipinski definition) is 2. The van der Waals surface area contributed by atoms with Gasteiger partial charge < -0.3 is 10.2 Å². The molecule has 3 nitrogen and oxygen atoms in total. The highest BCUT2D eigenvalue weighted by atomic mass is 16.1. The summed E-state index contributed by atoms with van der Waals surface area (Å²) >= 11 is 0. The fourth-order valence-corrected chi connectivity index (χ4v) is 1.56. The smallest absolute Gasteiger partial charge is 0.209 e. The first-order chi connectivity index (χ1) is 4.85. The summed E-state index contributed by atoms with van der Waals surface area (Å²) in [5.74, 6) is 0. The molecule has 1 N–H and O–H groups in total. The second kappa shape index (κ2) is 1.95. The van der Waals surface area contributed by atoms with E-state index in [9.17, 15) is 4.79 Å². The second-order valence-electron chi connectivity index (χ2n) is 3.28. The molecular formula is C7H12N2O. The van der Waals surface area contributed by atoms with E-state index in [1.54, 1.807) is 0 Å². The summed E-state index contributed by atoms with van der Waals surface area (Å²) in [6.07, 6.45) is 3.45. The molecule has 1 aliphatic carbocycles. The molecule has 0 radical (unpaired) electrons. The number of rotatable bonds is 1. The van der Waals surface area contributed by atoms with Crippen molar-refractivity contribution in [2.75, 3.05) is 19.6 Å². The maximum Gasteiger partial charge on any atom is 0.209 e. The molecule has 2 fully saturated rings. The van der Waals surface area contributed by atoms with Crippen LogP contribution in [0.3, 0.4) is 0 Å². The van der Waals surface area contributed by atoms with Crippen LogP contribution in [-0.2, 0) is 4.79 Å². The first kappa shape index (κ1) is 6.16. The molecule has 1 spiro atoms. The van der Waals surface area contributed by atoms with Crippen molar-refractivity contribution < 1.29 is 4.79 Å². The highest BCUT2D eigenvalue weighted by Crippen LogP contribution is 2.36. The van der Waals surface area contributed by atoms with Crippen molar-refractivity contribution in [3.63, 3.8) is 0 Å². The van der Waals surface area contributed by atoms with Crippen LogP contribution in [0.5, 0.6) is 0 Å². The summed E-state index contributed by atoms with van der Waals surface area (Å²) in [4.78, 5) is 12.2. The topological polar surface area (TPSA) is 32.3 Å². The molecule has 3 heteroatoms. The molecule has 1 heterocycles. The van der Waals surface area contributed by atoms with E-state index >= 15 is 0 Å². The number of nitrogens with one attached hydrogen (secondary N) is 1. The minimum atomic E-state index is 0.346. The number of amides is 1. The van der Waals surface area contributed by atoms with E-state index in [1.807, 2.05) is 4.90 Å². The van der Waals surface area contributed by atoms with Crippen LogP contribution in [0.2, 0.25) is 0 Å². The van der Waals surface area contributed by atoms with Gasteiger partial charge in [-0.25, -0.2) is 0 Å². The summed E-state index contributed by atoms with van der Waals surface area (Å²) in [7, 11) is 0. The highest BCUT2D eigenvalue weighted by Gasteiger charge is 2.45. The van der Waals surface area contributed by atoms with Gasteiger partial charge in [-0.15, -0.1) is 0 Å².